The lowest BCUT2D eigenvalue weighted by Crippen LogP contribution is -2.23. The van der Waals surface area contributed by atoms with Crippen LogP contribution in [0.2, 0.25) is 0 Å². The van der Waals surface area contributed by atoms with Crippen molar-refractivity contribution in [3.8, 4) is 22.3 Å². The van der Waals surface area contributed by atoms with E-state index >= 15 is 0 Å². The van der Waals surface area contributed by atoms with Gasteiger partial charge in [-0.3, -0.25) is 9.98 Å². The minimum Gasteiger partial charge on any atom is -0.370 e. The molecule has 0 radical (unpaired) electrons. The molecule has 3 rings (SSSR count). The minimum absolute atomic E-state index is 0.157. The van der Waals surface area contributed by atoms with Crippen molar-refractivity contribution in [2.45, 2.75) is 39.8 Å². The number of guanidine groups is 2. The van der Waals surface area contributed by atoms with Gasteiger partial charge in [0.25, 0.3) is 0 Å². The number of anilines is 2. The van der Waals surface area contributed by atoms with Crippen LogP contribution >= 0.6 is 0 Å². The van der Waals surface area contributed by atoms with Crippen LogP contribution in [0.15, 0.2) is 82.8 Å². The topological polar surface area (TPSA) is 101 Å². The molecule has 0 aliphatic heterocycles. The number of hydrogen-bond acceptors (Lipinski definition) is 2. The van der Waals surface area contributed by atoms with E-state index in [9.17, 15) is 0 Å². The van der Waals surface area contributed by atoms with Crippen LogP contribution in [0.1, 0.15) is 27.7 Å². The third kappa shape index (κ3) is 6.60. The van der Waals surface area contributed by atoms with Crippen LogP contribution in [-0.2, 0) is 0 Å². The van der Waals surface area contributed by atoms with Gasteiger partial charge in [0.1, 0.15) is 0 Å². The second kappa shape index (κ2) is 10.5. The average Bonchev–Trinajstić information content (AvgIpc) is 2.74. The van der Waals surface area contributed by atoms with Crippen molar-refractivity contribution in [1.29, 1.82) is 0 Å². The molecule has 32 heavy (non-hydrogen) atoms. The molecule has 0 aromatic heterocycles. The predicted octanol–water partition coefficient (Wildman–Crippen LogP) is 5.29. The van der Waals surface area contributed by atoms with Gasteiger partial charge in [0.15, 0.2) is 11.9 Å². The van der Waals surface area contributed by atoms with Gasteiger partial charge in [0.05, 0.1) is 0 Å². The predicted molar refractivity (Wildman–Crippen MR) is 138 cm³/mol. The molecule has 0 amide bonds. The molecule has 6 nitrogen and oxygen atoms in total. The van der Waals surface area contributed by atoms with E-state index in [-0.39, 0.29) is 12.1 Å². The van der Waals surface area contributed by atoms with E-state index in [1.807, 2.05) is 52.0 Å². The van der Waals surface area contributed by atoms with Crippen molar-refractivity contribution in [2.24, 2.45) is 21.5 Å². The molecule has 166 valence electrons. The van der Waals surface area contributed by atoms with E-state index in [1.165, 1.54) is 0 Å². The Balaban J connectivity index is 1.67. The molecule has 0 bridgehead atoms. The van der Waals surface area contributed by atoms with Crippen molar-refractivity contribution in [2.75, 3.05) is 10.6 Å². The summed E-state index contributed by atoms with van der Waals surface area (Å²) in [6.45, 7) is 7.97. The highest BCUT2D eigenvalue weighted by molar-refractivity contribution is 5.93. The van der Waals surface area contributed by atoms with Crippen LogP contribution in [0.5, 0.6) is 0 Å². The number of hydrogen-bond donors (Lipinski definition) is 4. The Bertz CT molecular complexity index is 974. The zero-order valence-corrected chi connectivity index (χ0v) is 19.1. The number of nitrogens with two attached hydrogens (primary N) is 2. The summed E-state index contributed by atoms with van der Waals surface area (Å²) in [6.07, 6.45) is 0. The number of benzene rings is 3. The van der Waals surface area contributed by atoms with Crippen LogP contribution < -0.4 is 22.1 Å². The smallest absolute Gasteiger partial charge is 0.193 e. The SMILES string of the molecule is CC(C)N=C(N)Nc1ccc(-c2ccc(-c3ccc(NC(N)=NC(C)C)cc3)cc2)cc1. The Morgan fingerprint density at radius 3 is 1.03 bits per heavy atom. The fourth-order valence-corrected chi connectivity index (χ4v) is 3.26. The largest absolute Gasteiger partial charge is 0.370 e. The average molecular weight is 429 g/mol. The fourth-order valence-electron chi connectivity index (χ4n) is 3.26. The lowest BCUT2D eigenvalue weighted by Gasteiger charge is -2.10. The first-order valence-electron chi connectivity index (χ1n) is 10.8. The number of rotatable bonds is 6. The summed E-state index contributed by atoms with van der Waals surface area (Å²) in [5.41, 5.74) is 18.2. The summed E-state index contributed by atoms with van der Waals surface area (Å²) in [5.74, 6) is 0.849. The molecule has 6 heteroatoms. The monoisotopic (exact) mass is 428 g/mol. The molecule has 6 N–H and O–H groups in total. The van der Waals surface area contributed by atoms with Crippen LogP contribution in [0.3, 0.4) is 0 Å². The maximum absolute atomic E-state index is 5.90. The molecule has 0 aliphatic rings. The third-order valence-electron chi connectivity index (χ3n) is 4.66. The molecule has 3 aromatic rings. The number of nitrogens with zero attached hydrogens (tertiary/aromatic N) is 2. The van der Waals surface area contributed by atoms with Gasteiger partial charge in [-0.25, -0.2) is 0 Å². The van der Waals surface area contributed by atoms with Gasteiger partial charge < -0.3 is 22.1 Å². The molecule has 0 saturated carbocycles. The number of aliphatic imine (C=N–C) groups is 2. The standard InChI is InChI=1S/C26H32N6/c1-17(2)29-25(27)31-23-13-9-21(10-14-23)19-5-7-20(8-6-19)22-11-15-24(16-12-22)32-26(28)30-18(3)4/h5-18H,1-4H3,(H3,27,29,31)(H3,28,30,32). The first-order chi connectivity index (χ1) is 15.3. The molecule has 0 unspecified atom stereocenters. The summed E-state index contributed by atoms with van der Waals surface area (Å²) in [7, 11) is 0. The quantitative estimate of drug-likeness (QED) is 0.316. The Hall–Kier alpha value is -3.80. The van der Waals surface area contributed by atoms with Gasteiger partial charge in [-0.15, -0.1) is 0 Å². The Morgan fingerprint density at radius 2 is 0.781 bits per heavy atom. The van der Waals surface area contributed by atoms with Crippen LogP contribution in [0.25, 0.3) is 22.3 Å². The summed E-state index contributed by atoms with van der Waals surface area (Å²) in [4.78, 5) is 8.58. The van der Waals surface area contributed by atoms with E-state index in [4.69, 9.17) is 11.5 Å². The van der Waals surface area contributed by atoms with E-state index in [1.54, 1.807) is 0 Å². The van der Waals surface area contributed by atoms with Gasteiger partial charge in [0, 0.05) is 23.5 Å². The van der Waals surface area contributed by atoms with E-state index in [0.717, 1.165) is 33.6 Å². The maximum Gasteiger partial charge on any atom is 0.193 e. The van der Waals surface area contributed by atoms with Crippen LogP contribution in [-0.4, -0.2) is 24.0 Å². The summed E-state index contributed by atoms with van der Waals surface area (Å²) >= 11 is 0. The Labute approximate surface area is 190 Å². The first-order valence-corrected chi connectivity index (χ1v) is 10.8. The van der Waals surface area contributed by atoms with Gasteiger partial charge in [-0.1, -0.05) is 48.5 Å². The Kier molecular flexibility index (Phi) is 7.49. The van der Waals surface area contributed by atoms with Crippen molar-refractivity contribution in [1.82, 2.24) is 0 Å². The van der Waals surface area contributed by atoms with Gasteiger partial charge in [-0.05, 0) is 74.2 Å². The molecule has 0 heterocycles. The highest BCUT2D eigenvalue weighted by Gasteiger charge is 2.03. The lowest BCUT2D eigenvalue weighted by molar-refractivity contribution is 0.833. The minimum atomic E-state index is 0.157. The molecule has 0 aliphatic carbocycles. The third-order valence-corrected chi connectivity index (χ3v) is 4.66. The van der Waals surface area contributed by atoms with E-state index < -0.39 is 0 Å². The van der Waals surface area contributed by atoms with Gasteiger partial charge in [-0.2, -0.15) is 0 Å². The molecule has 0 fully saturated rings. The second-order valence-corrected chi connectivity index (χ2v) is 8.20. The highest BCUT2D eigenvalue weighted by Crippen LogP contribution is 2.26. The highest BCUT2D eigenvalue weighted by atomic mass is 15.1. The van der Waals surface area contributed by atoms with Crippen molar-refractivity contribution in [3.63, 3.8) is 0 Å². The second-order valence-electron chi connectivity index (χ2n) is 8.20. The zero-order valence-electron chi connectivity index (χ0n) is 19.1. The Morgan fingerprint density at radius 1 is 0.531 bits per heavy atom. The lowest BCUT2D eigenvalue weighted by atomic mass is 10.00. The maximum atomic E-state index is 5.90. The van der Waals surface area contributed by atoms with Crippen molar-refractivity contribution < 1.29 is 0 Å². The molecule has 0 atom stereocenters. The van der Waals surface area contributed by atoms with Crippen LogP contribution in [0, 0.1) is 0 Å². The number of nitrogens with one attached hydrogen (secondary N) is 2. The van der Waals surface area contributed by atoms with Crippen LogP contribution in [0.4, 0.5) is 11.4 Å². The van der Waals surface area contributed by atoms with E-state index in [2.05, 4.69) is 69.1 Å². The summed E-state index contributed by atoms with van der Waals surface area (Å²) in [5, 5.41) is 6.23. The molecular weight excluding hydrogens is 396 g/mol. The van der Waals surface area contributed by atoms with Gasteiger partial charge in [0.2, 0.25) is 0 Å². The molecule has 3 aromatic carbocycles. The van der Waals surface area contributed by atoms with E-state index in [0.29, 0.717) is 11.9 Å². The normalized spacial score (nSPS) is 12.3. The molecule has 0 saturated heterocycles. The molecular formula is C26H32N6. The van der Waals surface area contributed by atoms with Crippen molar-refractivity contribution >= 4 is 23.3 Å². The first kappa shape index (κ1) is 22.9. The molecule has 0 spiro atoms. The zero-order chi connectivity index (χ0) is 23.1. The fraction of sp³-hybridized carbons (Fsp3) is 0.231. The van der Waals surface area contributed by atoms with Gasteiger partial charge >= 0.3 is 0 Å². The summed E-state index contributed by atoms with van der Waals surface area (Å²) in [6, 6.07) is 25.2. The van der Waals surface area contributed by atoms with Crippen molar-refractivity contribution in [3.05, 3.63) is 72.8 Å². The summed E-state index contributed by atoms with van der Waals surface area (Å²) < 4.78 is 0.